The van der Waals surface area contributed by atoms with Crippen molar-refractivity contribution in [3.8, 4) is 0 Å². The van der Waals surface area contributed by atoms with E-state index in [2.05, 4.69) is 11.4 Å². The van der Waals surface area contributed by atoms with Crippen LogP contribution in [-0.4, -0.2) is 13.1 Å². The van der Waals surface area contributed by atoms with Gasteiger partial charge in [0, 0.05) is 12.5 Å². The third-order valence-electron chi connectivity index (χ3n) is 2.49. The molecule has 0 radical (unpaired) electrons. The summed E-state index contributed by atoms with van der Waals surface area (Å²) in [5.41, 5.74) is 0. The standard InChI is InChI=1S/C10H15NO/c1-2-6-11-8-9(4-1)10-5-3-7-12-10/h3,5,7,9,11H,1-2,4,6,8H2. The second-order valence-corrected chi connectivity index (χ2v) is 3.41. The minimum Gasteiger partial charge on any atom is -0.469 e. The number of nitrogens with one attached hydrogen (secondary N) is 1. The van der Waals surface area contributed by atoms with Crippen molar-refractivity contribution in [1.82, 2.24) is 5.32 Å². The topological polar surface area (TPSA) is 25.2 Å². The van der Waals surface area contributed by atoms with Gasteiger partial charge in [0.25, 0.3) is 0 Å². The van der Waals surface area contributed by atoms with E-state index in [-0.39, 0.29) is 0 Å². The largest absolute Gasteiger partial charge is 0.469 e. The molecular formula is C10H15NO. The van der Waals surface area contributed by atoms with Crippen molar-refractivity contribution >= 4 is 0 Å². The summed E-state index contributed by atoms with van der Waals surface area (Å²) in [5.74, 6) is 1.74. The first-order valence-corrected chi connectivity index (χ1v) is 4.71. The Labute approximate surface area is 73.0 Å². The predicted octanol–water partition coefficient (Wildman–Crippen LogP) is 2.14. The molecule has 0 aromatic carbocycles. The molecule has 1 aromatic heterocycles. The zero-order valence-electron chi connectivity index (χ0n) is 7.25. The lowest BCUT2D eigenvalue weighted by Crippen LogP contribution is -2.18. The van der Waals surface area contributed by atoms with E-state index in [9.17, 15) is 0 Å². The van der Waals surface area contributed by atoms with E-state index in [1.165, 1.54) is 19.3 Å². The van der Waals surface area contributed by atoms with Gasteiger partial charge in [-0.2, -0.15) is 0 Å². The van der Waals surface area contributed by atoms with Gasteiger partial charge in [-0.3, -0.25) is 0 Å². The molecule has 0 saturated carbocycles. The van der Waals surface area contributed by atoms with E-state index in [1.54, 1.807) is 6.26 Å². The van der Waals surface area contributed by atoms with E-state index in [0.29, 0.717) is 5.92 Å². The van der Waals surface area contributed by atoms with Gasteiger partial charge in [0.1, 0.15) is 5.76 Å². The average molecular weight is 165 g/mol. The first-order valence-electron chi connectivity index (χ1n) is 4.71. The molecule has 2 nitrogen and oxygen atoms in total. The predicted molar refractivity (Wildman–Crippen MR) is 48.2 cm³/mol. The molecule has 1 aliphatic rings. The van der Waals surface area contributed by atoms with Crippen molar-refractivity contribution in [2.75, 3.05) is 13.1 Å². The second kappa shape index (κ2) is 3.76. The summed E-state index contributed by atoms with van der Waals surface area (Å²) in [6.45, 7) is 2.24. The van der Waals surface area contributed by atoms with Crippen LogP contribution in [0.25, 0.3) is 0 Å². The summed E-state index contributed by atoms with van der Waals surface area (Å²) >= 11 is 0. The third kappa shape index (κ3) is 1.69. The molecule has 2 heterocycles. The number of furan rings is 1. The Bertz CT molecular complexity index is 210. The van der Waals surface area contributed by atoms with Crippen LogP contribution in [0.4, 0.5) is 0 Å². The fraction of sp³-hybridized carbons (Fsp3) is 0.600. The van der Waals surface area contributed by atoms with Gasteiger partial charge in [-0.05, 0) is 31.5 Å². The molecular weight excluding hydrogens is 150 g/mol. The molecule has 0 aliphatic carbocycles. The van der Waals surface area contributed by atoms with E-state index in [1.807, 2.05) is 6.07 Å². The highest BCUT2D eigenvalue weighted by atomic mass is 16.3. The fourth-order valence-electron chi connectivity index (χ4n) is 1.79. The van der Waals surface area contributed by atoms with Crippen LogP contribution < -0.4 is 5.32 Å². The first-order chi connectivity index (χ1) is 5.97. The normalized spacial score (nSPS) is 25.2. The first kappa shape index (κ1) is 7.87. The Morgan fingerprint density at radius 2 is 2.42 bits per heavy atom. The van der Waals surface area contributed by atoms with Crippen LogP contribution in [-0.2, 0) is 0 Å². The summed E-state index contributed by atoms with van der Waals surface area (Å²) in [7, 11) is 0. The van der Waals surface area contributed by atoms with Crippen LogP contribution in [0, 0.1) is 0 Å². The van der Waals surface area contributed by atoms with Gasteiger partial charge >= 0.3 is 0 Å². The monoisotopic (exact) mass is 165 g/mol. The van der Waals surface area contributed by atoms with Crippen LogP contribution in [0.2, 0.25) is 0 Å². The van der Waals surface area contributed by atoms with Crippen LogP contribution >= 0.6 is 0 Å². The Kier molecular flexibility index (Phi) is 2.47. The SMILES string of the molecule is c1coc(C2CCCCNC2)c1. The van der Waals surface area contributed by atoms with Crippen molar-refractivity contribution in [2.24, 2.45) is 0 Å². The van der Waals surface area contributed by atoms with Gasteiger partial charge in [0.05, 0.1) is 6.26 Å². The van der Waals surface area contributed by atoms with Gasteiger partial charge in [-0.25, -0.2) is 0 Å². The lowest BCUT2D eigenvalue weighted by molar-refractivity contribution is 0.443. The highest BCUT2D eigenvalue weighted by molar-refractivity contribution is 5.06. The molecule has 1 saturated heterocycles. The summed E-state index contributed by atoms with van der Waals surface area (Å²) in [5, 5.41) is 3.43. The van der Waals surface area contributed by atoms with E-state index < -0.39 is 0 Å². The molecule has 66 valence electrons. The molecule has 1 aromatic rings. The molecule has 2 heteroatoms. The minimum absolute atomic E-state index is 0.600. The van der Waals surface area contributed by atoms with Crippen LogP contribution in [0.5, 0.6) is 0 Å². The highest BCUT2D eigenvalue weighted by Crippen LogP contribution is 2.23. The van der Waals surface area contributed by atoms with Crippen molar-refractivity contribution in [1.29, 1.82) is 0 Å². The van der Waals surface area contributed by atoms with Gasteiger partial charge in [-0.1, -0.05) is 6.42 Å². The van der Waals surface area contributed by atoms with Crippen LogP contribution in [0.1, 0.15) is 30.9 Å². The smallest absolute Gasteiger partial charge is 0.108 e. The molecule has 2 rings (SSSR count). The average Bonchev–Trinajstić information content (AvgIpc) is 2.48. The fourth-order valence-corrected chi connectivity index (χ4v) is 1.79. The Hall–Kier alpha value is -0.760. The van der Waals surface area contributed by atoms with Crippen molar-refractivity contribution in [3.05, 3.63) is 24.2 Å². The maximum atomic E-state index is 5.39. The van der Waals surface area contributed by atoms with Gasteiger partial charge < -0.3 is 9.73 Å². The summed E-state index contributed by atoms with van der Waals surface area (Å²) in [6.07, 6.45) is 5.65. The summed E-state index contributed by atoms with van der Waals surface area (Å²) in [6, 6.07) is 4.05. The molecule has 1 aliphatic heterocycles. The molecule has 1 N–H and O–H groups in total. The lowest BCUT2D eigenvalue weighted by Gasteiger charge is -2.09. The van der Waals surface area contributed by atoms with Crippen LogP contribution in [0.3, 0.4) is 0 Å². The van der Waals surface area contributed by atoms with E-state index >= 15 is 0 Å². The van der Waals surface area contributed by atoms with Crippen molar-refractivity contribution in [3.63, 3.8) is 0 Å². The van der Waals surface area contributed by atoms with Gasteiger partial charge in [0.15, 0.2) is 0 Å². The molecule has 0 bridgehead atoms. The zero-order chi connectivity index (χ0) is 8.23. The number of hydrogen-bond acceptors (Lipinski definition) is 2. The molecule has 1 atom stereocenters. The van der Waals surface area contributed by atoms with Gasteiger partial charge in [0.2, 0.25) is 0 Å². The molecule has 12 heavy (non-hydrogen) atoms. The minimum atomic E-state index is 0.600. The van der Waals surface area contributed by atoms with Crippen LogP contribution in [0.15, 0.2) is 22.8 Å². The third-order valence-corrected chi connectivity index (χ3v) is 2.49. The zero-order valence-corrected chi connectivity index (χ0v) is 7.25. The Balaban J connectivity index is 2.02. The van der Waals surface area contributed by atoms with E-state index in [4.69, 9.17) is 4.42 Å². The number of hydrogen-bond donors (Lipinski definition) is 1. The van der Waals surface area contributed by atoms with Gasteiger partial charge in [-0.15, -0.1) is 0 Å². The highest BCUT2D eigenvalue weighted by Gasteiger charge is 2.15. The molecule has 1 fully saturated rings. The number of rotatable bonds is 1. The molecule has 1 unspecified atom stereocenters. The molecule has 0 amide bonds. The summed E-state index contributed by atoms with van der Waals surface area (Å²) in [4.78, 5) is 0. The van der Waals surface area contributed by atoms with E-state index in [0.717, 1.165) is 18.8 Å². The summed E-state index contributed by atoms with van der Waals surface area (Å²) < 4.78 is 5.39. The maximum Gasteiger partial charge on any atom is 0.108 e. The van der Waals surface area contributed by atoms with Crippen molar-refractivity contribution < 1.29 is 4.42 Å². The Morgan fingerprint density at radius 3 is 3.25 bits per heavy atom. The maximum absolute atomic E-state index is 5.39. The van der Waals surface area contributed by atoms with Crippen molar-refractivity contribution in [2.45, 2.75) is 25.2 Å². The molecule has 0 spiro atoms. The second-order valence-electron chi connectivity index (χ2n) is 3.41. The lowest BCUT2D eigenvalue weighted by atomic mass is 10.0. The Morgan fingerprint density at radius 1 is 1.42 bits per heavy atom. The quantitative estimate of drug-likeness (QED) is 0.689.